The lowest BCUT2D eigenvalue weighted by Gasteiger charge is -2.19. The summed E-state index contributed by atoms with van der Waals surface area (Å²) in [5.74, 6) is -0.770. The Balaban J connectivity index is 1.53. The van der Waals surface area contributed by atoms with Crippen molar-refractivity contribution in [3.8, 4) is 11.1 Å². The molecule has 0 heterocycles. The fourth-order valence-corrected chi connectivity index (χ4v) is 5.63. The Bertz CT molecular complexity index is 1260. The summed E-state index contributed by atoms with van der Waals surface area (Å²) in [6, 6.07) is 18.0. The van der Waals surface area contributed by atoms with E-state index >= 15 is 0 Å². The van der Waals surface area contributed by atoms with Crippen molar-refractivity contribution in [2.24, 2.45) is 0 Å². The molecular formula is C24H23FN2O3S2. The van der Waals surface area contributed by atoms with Gasteiger partial charge in [0.25, 0.3) is 0 Å². The number of anilines is 1. The highest BCUT2D eigenvalue weighted by molar-refractivity contribution is 7.98. The molecule has 0 spiro atoms. The number of nitrogens with one attached hydrogen (secondary N) is 2. The first-order valence-corrected chi connectivity index (χ1v) is 13.0. The number of rotatable bonds is 8. The molecule has 2 N–H and O–H groups in total. The first-order chi connectivity index (χ1) is 15.4. The van der Waals surface area contributed by atoms with Crippen LogP contribution in [0.5, 0.6) is 0 Å². The van der Waals surface area contributed by atoms with Crippen molar-refractivity contribution in [3.05, 3.63) is 83.7 Å². The van der Waals surface area contributed by atoms with Gasteiger partial charge in [0.05, 0.1) is 0 Å². The number of benzene rings is 3. The maximum atomic E-state index is 14.1. The lowest BCUT2D eigenvalue weighted by Crippen LogP contribution is -2.44. The lowest BCUT2D eigenvalue weighted by molar-refractivity contribution is -0.117. The molecule has 0 aromatic heterocycles. The first-order valence-electron chi connectivity index (χ1n) is 10.2. The van der Waals surface area contributed by atoms with Gasteiger partial charge in [-0.05, 0) is 71.4 Å². The summed E-state index contributed by atoms with van der Waals surface area (Å²) in [5.41, 5.74) is 5.27. The Labute approximate surface area is 191 Å². The van der Waals surface area contributed by atoms with Crippen LogP contribution < -0.4 is 10.0 Å². The third-order valence-corrected chi connectivity index (χ3v) is 7.56. The number of carbonyl (C=O) groups is 1. The monoisotopic (exact) mass is 470 g/mol. The molecule has 8 heteroatoms. The van der Waals surface area contributed by atoms with E-state index in [-0.39, 0.29) is 6.42 Å². The van der Waals surface area contributed by atoms with Crippen molar-refractivity contribution in [1.29, 1.82) is 0 Å². The summed E-state index contributed by atoms with van der Waals surface area (Å²) in [7, 11) is -4.20. The number of fused-ring (bicyclic) bond motifs is 3. The van der Waals surface area contributed by atoms with Crippen LogP contribution in [0, 0.1) is 5.82 Å². The first kappa shape index (κ1) is 22.5. The minimum Gasteiger partial charge on any atom is -0.325 e. The van der Waals surface area contributed by atoms with Gasteiger partial charge >= 0.3 is 0 Å². The predicted molar refractivity (Wildman–Crippen MR) is 127 cm³/mol. The standard InChI is InChI=1S/C24H23FN2O3S2/c1-31-13-12-22(27-32(29,30)23-9-5-4-8-21(23)25)24(28)26-18-10-11-20-17(15-18)14-16-6-2-3-7-19(16)20/h2-11,15,22,27H,12-14H2,1H3,(H,26,28)/t22-/m1/s1. The molecule has 0 saturated carbocycles. The highest BCUT2D eigenvalue weighted by atomic mass is 32.2. The molecule has 32 heavy (non-hydrogen) atoms. The zero-order valence-electron chi connectivity index (χ0n) is 17.5. The van der Waals surface area contributed by atoms with Gasteiger partial charge in [0, 0.05) is 5.69 Å². The average molecular weight is 471 g/mol. The quantitative estimate of drug-likeness (QED) is 0.399. The zero-order chi connectivity index (χ0) is 22.7. The SMILES string of the molecule is CSCC[C@@H](NS(=O)(=O)c1ccccc1F)C(=O)Nc1ccc2c(c1)Cc1ccccc1-2. The number of sulfonamides is 1. The van der Waals surface area contributed by atoms with Gasteiger partial charge in [0.1, 0.15) is 16.8 Å². The number of hydrogen-bond acceptors (Lipinski definition) is 4. The molecule has 166 valence electrons. The van der Waals surface area contributed by atoms with Crippen molar-refractivity contribution in [1.82, 2.24) is 4.72 Å². The van der Waals surface area contributed by atoms with E-state index in [1.165, 1.54) is 41.1 Å². The highest BCUT2D eigenvalue weighted by Crippen LogP contribution is 2.37. The van der Waals surface area contributed by atoms with Gasteiger partial charge in [-0.3, -0.25) is 4.79 Å². The predicted octanol–water partition coefficient (Wildman–Crippen LogP) is 4.44. The van der Waals surface area contributed by atoms with Crippen molar-refractivity contribution in [2.75, 3.05) is 17.3 Å². The normalized spacial score (nSPS) is 13.3. The molecule has 5 nitrogen and oxygen atoms in total. The van der Waals surface area contributed by atoms with Gasteiger partial charge in [-0.25, -0.2) is 12.8 Å². The van der Waals surface area contributed by atoms with Crippen molar-refractivity contribution in [3.63, 3.8) is 0 Å². The molecule has 3 aromatic carbocycles. The molecule has 0 unspecified atom stereocenters. The topological polar surface area (TPSA) is 75.3 Å². The van der Waals surface area contributed by atoms with Crippen LogP contribution in [0.4, 0.5) is 10.1 Å². The van der Waals surface area contributed by atoms with E-state index < -0.39 is 32.7 Å². The minimum absolute atomic E-state index is 0.275. The van der Waals surface area contributed by atoms with E-state index in [9.17, 15) is 17.6 Å². The minimum atomic E-state index is -4.20. The Kier molecular flexibility index (Phi) is 6.64. The fourth-order valence-electron chi connectivity index (χ4n) is 3.84. The van der Waals surface area contributed by atoms with E-state index in [0.717, 1.165) is 23.6 Å². The maximum absolute atomic E-state index is 14.1. The molecule has 3 aromatic rings. The third-order valence-electron chi connectivity index (χ3n) is 5.41. The summed E-state index contributed by atoms with van der Waals surface area (Å²) >= 11 is 1.50. The molecule has 0 saturated heterocycles. The zero-order valence-corrected chi connectivity index (χ0v) is 19.1. The molecule has 1 aliphatic carbocycles. The number of amides is 1. The molecule has 1 aliphatic rings. The summed E-state index contributed by atoms with van der Waals surface area (Å²) in [6.45, 7) is 0. The number of halogens is 1. The molecule has 1 amide bonds. The Morgan fingerprint density at radius 2 is 1.75 bits per heavy atom. The van der Waals surface area contributed by atoms with Crippen LogP contribution in [-0.2, 0) is 21.2 Å². The van der Waals surface area contributed by atoms with Crippen molar-refractivity contribution >= 4 is 33.4 Å². The molecule has 1 atom stereocenters. The number of carbonyl (C=O) groups excluding carboxylic acids is 1. The fraction of sp³-hybridized carbons (Fsp3) is 0.208. The Morgan fingerprint density at radius 3 is 2.53 bits per heavy atom. The molecule has 0 fully saturated rings. The molecular weight excluding hydrogens is 447 g/mol. The molecule has 4 rings (SSSR count). The van der Waals surface area contributed by atoms with Crippen LogP contribution in [0.25, 0.3) is 11.1 Å². The Hall–Kier alpha value is -2.68. The van der Waals surface area contributed by atoms with Gasteiger partial charge in [0.15, 0.2) is 0 Å². The second-order valence-corrected chi connectivity index (χ2v) is 10.2. The average Bonchev–Trinajstić information content (AvgIpc) is 3.14. The second-order valence-electron chi connectivity index (χ2n) is 7.58. The van der Waals surface area contributed by atoms with Crippen LogP contribution in [0.2, 0.25) is 0 Å². The van der Waals surface area contributed by atoms with E-state index in [4.69, 9.17) is 0 Å². The van der Waals surface area contributed by atoms with Crippen LogP contribution in [-0.4, -0.2) is 32.4 Å². The van der Waals surface area contributed by atoms with Gasteiger partial charge in [0.2, 0.25) is 15.9 Å². The third kappa shape index (κ3) is 4.72. The lowest BCUT2D eigenvalue weighted by atomic mass is 10.1. The highest BCUT2D eigenvalue weighted by Gasteiger charge is 2.28. The maximum Gasteiger partial charge on any atom is 0.244 e. The summed E-state index contributed by atoms with van der Waals surface area (Å²) < 4.78 is 41.9. The second kappa shape index (κ2) is 9.44. The number of hydrogen-bond donors (Lipinski definition) is 2. The smallest absolute Gasteiger partial charge is 0.244 e. The van der Waals surface area contributed by atoms with Gasteiger partial charge < -0.3 is 5.32 Å². The van der Waals surface area contributed by atoms with E-state index in [2.05, 4.69) is 22.2 Å². The molecule has 0 radical (unpaired) electrons. The van der Waals surface area contributed by atoms with E-state index in [1.54, 1.807) is 0 Å². The van der Waals surface area contributed by atoms with Gasteiger partial charge in [-0.1, -0.05) is 42.5 Å². The van der Waals surface area contributed by atoms with Crippen molar-refractivity contribution in [2.45, 2.75) is 23.8 Å². The summed E-state index contributed by atoms with van der Waals surface area (Å²) in [4.78, 5) is 12.5. The van der Waals surface area contributed by atoms with Gasteiger partial charge in [-0.2, -0.15) is 16.5 Å². The summed E-state index contributed by atoms with van der Waals surface area (Å²) in [6.07, 6.45) is 2.93. The van der Waals surface area contributed by atoms with Crippen LogP contribution in [0.3, 0.4) is 0 Å². The van der Waals surface area contributed by atoms with Crippen LogP contribution in [0.1, 0.15) is 17.5 Å². The van der Waals surface area contributed by atoms with Crippen LogP contribution >= 0.6 is 11.8 Å². The van der Waals surface area contributed by atoms with Crippen LogP contribution in [0.15, 0.2) is 71.6 Å². The van der Waals surface area contributed by atoms with E-state index in [0.29, 0.717) is 11.4 Å². The summed E-state index contributed by atoms with van der Waals surface area (Å²) in [5, 5.41) is 2.83. The molecule has 0 bridgehead atoms. The molecule has 0 aliphatic heterocycles. The van der Waals surface area contributed by atoms with E-state index in [1.807, 2.05) is 36.6 Å². The number of thioether (sulfide) groups is 1. The van der Waals surface area contributed by atoms with Gasteiger partial charge in [-0.15, -0.1) is 0 Å². The van der Waals surface area contributed by atoms with Crippen molar-refractivity contribution < 1.29 is 17.6 Å². The largest absolute Gasteiger partial charge is 0.325 e. The Morgan fingerprint density at radius 1 is 1.03 bits per heavy atom.